The highest BCUT2D eigenvalue weighted by molar-refractivity contribution is 5.79. The maximum atomic E-state index is 13.9. The van der Waals surface area contributed by atoms with Crippen LogP contribution in [0.2, 0.25) is 0 Å². The Labute approximate surface area is 140 Å². The number of benzene rings is 1. The van der Waals surface area contributed by atoms with Crippen molar-refractivity contribution in [3.05, 3.63) is 29.6 Å². The Morgan fingerprint density at radius 1 is 1.38 bits per heavy atom. The van der Waals surface area contributed by atoms with Gasteiger partial charge in [0.25, 0.3) is 0 Å². The van der Waals surface area contributed by atoms with E-state index in [2.05, 4.69) is 5.32 Å². The van der Waals surface area contributed by atoms with Crippen molar-refractivity contribution in [2.45, 2.75) is 38.7 Å². The molecule has 1 aliphatic heterocycles. The molecule has 0 aliphatic carbocycles. The Bertz CT molecular complexity index is 613. The second-order valence-corrected chi connectivity index (χ2v) is 6.05. The number of rotatable bonds is 5. The number of carboxylic acids is 1. The standard InChI is InChI=1S/C17H23FN2O4/c1-3-8-19-16(23)20-9-6-17(7-10-20,15(21)22)24-14-11-12(2)4-5-13(14)18/h4-5,11H,3,6-10H2,1-2H3,(H,19,23)(H,21,22). The van der Waals surface area contributed by atoms with E-state index in [4.69, 9.17) is 4.74 Å². The summed E-state index contributed by atoms with van der Waals surface area (Å²) in [5.74, 6) is -1.80. The number of nitrogens with zero attached hydrogens (tertiary/aromatic N) is 1. The lowest BCUT2D eigenvalue weighted by Gasteiger charge is -2.38. The van der Waals surface area contributed by atoms with E-state index in [1.807, 2.05) is 6.92 Å². The average Bonchev–Trinajstić information content (AvgIpc) is 2.56. The van der Waals surface area contributed by atoms with Gasteiger partial charge < -0.3 is 20.1 Å². The van der Waals surface area contributed by atoms with Gasteiger partial charge in [-0.05, 0) is 31.0 Å². The molecule has 0 radical (unpaired) electrons. The van der Waals surface area contributed by atoms with Crippen LogP contribution in [0, 0.1) is 12.7 Å². The maximum Gasteiger partial charge on any atom is 0.348 e. The van der Waals surface area contributed by atoms with Gasteiger partial charge in [-0.3, -0.25) is 0 Å². The summed E-state index contributed by atoms with van der Waals surface area (Å²) in [5, 5.41) is 12.4. The van der Waals surface area contributed by atoms with Gasteiger partial charge in [0.05, 0.1) is 0 Å². The predicted molar refractivity (Wildman–Crippen MR) is 86.6 cm³/mol. The molecule has 0 spiro atoms. The van der Waals surface area contributed by atoms with E-state index in [-0.39, 0.29) is 37.7 Å². The monoisotopic (exact) mass is 338 g/mol. The van der Waals surface area contributed by atoms with E-state index >= 15 is 0 Å². The molecular formula is C17H23FN2O4. The van der Waals surface area contributed by atoms with Gasteiger partial charge in [0.2, 0.25) is 5.60 Å². The Morgan fingerprint density at radius 2 is 2.04 bits per heavy atom. The van der Waals surface area contributed by atoms with Gasteiger partial charge in [0.15, 0.2) is 11.6 Å². The Morgan fingerprint density at radius 3 is 2.62 bits per heavy atom. The molecule has 6 nitrogen and oxygen atoms in total. The second kappa shape index (κ2) is 7.51. The zero-order chi connectivity index (χ0) is 17.7. The first kappa shape index (κ1) is 18.0. The third-order valence-corrected chi connectivity index (χ3v) is 4.17. The number of carboxylic acid groups (broad SMARTS) is 1. The van der Waals surface area contributed by atoms with Gasteiger partial charge in [-0.1, -0.05) is 13.0 Å². The summed E-state index contributed by atoms with van der Waals surface area (Å²) in [6.07, 6.45) is 1.04. The summed E-state index contributed by atoms with van der Waals surface area (Å²) in [5.41, 5.74) is -0.737. The number of piperidine rings is 1. The first-order valence-electron chi connectivity index (χ1n) is 8.09. The molecule has 24 heavy (non-hydrogen) atoms. The summed E-state index contributed by atoms with van der Waals surface area (Å²) in [7, 11) is 0. The number of halogens is 1. The van der Waals surface area contributed by atoms with Crippen molar-refractivity contribution in [3.8, 4) is 5.75 Å². The number of ether oxygens (including phenoxy) is 1. The molecular weight excluding hydrogens is 315 g/mol. The fourth-order valence-electron chi connectivity index (χ4n) is 2.67. The number of carbonyl (C=O) groups excluding carboxylic acids is 1. The van der Waals surface area contributed by atoms with Crippen molar-refractivity contribution in [1.29, 1.82) is 0 Å². The van der Waals surface area contributed by atoms with Crippen LogP contribution in [-0.4, -0.2) is 47.2 Å². The molecule has 1 aromatic rings. The van der Waals surface area contributed by atoms with Crippen LogP contribution in [0.15, 0.2) is 18.2 Å². The fraction of sp³-hybridized carbons (Fsp3) is 0.529. The normalized spacial score (nSPS) is 16.5. The molecule has 1 heterocycles. The van der Waals surface area contributed by atoms with E-state index in [9.17, 15) is 19.1 Å². The number of amides is 2. The van der Waals surface area contributed by atoms with Gasteiger partial charge in [-0.25, -0.2) is 14.0 Å². The highest BCUT2D eigenvalue weighted by Gasteiger charge is 2.45. The molecule has 1 aromatic carbocycles. The van der Waals surface area contributed by atoms with Crippen molar-refractivity contribution in [3.63, 3.8) is 0 Å². The summed E-state index contributed by atoms with van der Waals surface area (Å²) in [4.78, 5) is 25.3. The van der Waals surface area contributed by atoms with Crippen molar-refractivity contribution < 1.29 is 23.8 Å². The van der Waals surface area contributed by atoms with Gasteiger partial charge in [-0.2, -0.15) is 0 Å². The first-order valence-corrected chi connectivity index (χ1v) is 8.09. The predicted octanol–water partition coefficient (Wildman–Crippen LogP) is 2.55. The quantitative estimate of drug-likeness (QED) is 0.865. The second-order valence-electron chi connectivity index (χ2n) is 6.05. The zero-order valence-corrected chi connectivity index (χ0v) is 14.0. The van der Waals surface area contributed by atoms with E-state index < -0.39 is 17.4 Å². The lowest BCUT2D eigenvalue weighted by atomic mass is 9.91. The number of carbonyl (C=O) groups is 2. The smallest absolute Gasteiger partial charge is 0.348 e. The van der Waals surface area contributed by atoms with Crippen molar-refractivity contribution >= 4 is 12.0 Å². The van der Waals surface area contributed by atoms with Gasteiger partial charge in [0, 0.05) is 32.5 Å². The molecule has 0 unspecified atom stereocenters. The number of aliphatic carboxylic acids is 1. The largest absolute Gasteiger partial charge is 0.478 e. The number of hydrogen-bond donors (Lipinski definition) is 2. The van der Waals surface area contributed by atoms with Crippen LogP contribution in [0.1, 0.15) is 31.7 Å². The number of hydrogen-bond acceptors (Lipinski definition) is 3. The molecule has 2 rings (SSSR count). The molecule has 0 saturated carbocycles. The highest BCUT2D eigenvalue weighted by Crippen LogP contribution is 2.31. The van der Waals surface area contributed by atoms with Crippen LogP contribution in [0.5, 0.6) is 5.75 Å². The molecule has 132 valence electrons. The van der Waals surface area contributed by atoms with E-state index in [0.717, 1.165) is 12.0 Å². The average molecular weight is 338 g/mol. The van der Waals surface area contributed by atoms with E-state index in [1.54, 1.807) is 17.9 Å². The Hall–Kier alpha value is -2.31. The minimum Gasteiger partial charge on any atom is -0.478 e. The molecule has 1 aliphatic rings. The lowest BCUT2D eigenvalue weighted by molar-refractivity contribution is -0.159. The van der Waals surface area contributed by atoms with Gasteiger partial charge in [-0.15, -0.1) is 0 Å². The Balaban J connectivity index is 2.10. The summed E-state index contributed by atoms with van der Waals surface area (Å²) in [6.45, 7) is 4.80. The lowest BCUT2D eigenvalue weighted by Crippen LogP contribution is -2.56. The minimum atomic E-state index is -1.52. The van der Waals surface area contributed by atoms with Crippen molar-refractivity contribution in [1.82, 2.24) is 10.2 Å². The van der Waals surface area contributed by atoms with Crippen molar-refractivity contribution in [2.75, 3.05) is 19.6 Å². The zero-order valence-electron chi connectivity index (χ0n) is 14.0. The van der Waals surface area contributed by atoms with Gasteiger partial charge >= 0.3 is 12.0 Å². The Kier molecular flexibility index (Phi) is 5.64. The summed E-state index contributed by atoms with van der Waals surface area (Å²) < 4.78 is 19.5. The summed E-state index contributed by atoms with van der Waals surface area (Å²) >= 11 is 0. The van der Waals surface area contributed by atoms with Crippen molar-refractivity contribution in [2.24, 2.45) is 0 Å². The number of aryl methyl sites for hydroxylation is 1. The first-order chi connectivity index (χ1) is 11.4. The topological polar surface area (TPSA) is 78.9 Å². The number of likely N-dealkylation sites (tertiary alicyclic amines) is 1. The summed E-state index contributed by atoms with van der Waals surface area (Å²) in [6, 6.07) is 4.13. The number of urea groups is 1. The van der Waals surface area contributed by atoms with Crippen LogP contribution >= 0.6 is 0 Å². The molecule has 0 atom stereocenters. The van der Waals surface area contributed by atoms with Crippen LogP contribution in [0.3, 0.4) is 0 Å². The third kappa shape index (κ3) is 3.96. The van der Waals surface area contributed by atoms with Crippen LogP contribution in [0.25, 0.3) is 0 Å². The van der Waals surface area contributed by atoms with Crippen LogP contribution < -0.4 is 10.1 Å². The molecule has 0 aromatic heterocycles. The molecule has 2 N–H and O–H groups in total. The van der Waals surface area contributed by atoms with E-state index in [1.165, 1.54) is 12.1 Å². The molecule has 1 saturated heterocycles. The minimum absolute atomic E-state index is 0.0683. The third-order valence-electron chi connectivity index (χ3n) is 4.17. The molecule has 1 fully saturated rings. The van der Waals surface area contributed by atoms with Crippen LogP contribution in [0.4, 0.5) is 9.18 Å². The SMILES string of the molecule is CCCNC(=O)N1CCC(Oc2cc(C)ccc2F)(C(=O)O)CC1. The van der Waals surface area contributed by atoms with Gasteiger partial charge in [0.1, 0.15) is 0 Å². The molecule has 7 heteroatoms. The highest BCUT2D eigenvalue weighted by atomic mass is 19.1. The molecule has 2 amide bonds. The molecule has 0 bridgehead atoms. The van der Waals surface area contributed by atoms with Crippen LogP contribution in [-0.2, 0) is 4.79 Å². The maximum absolute atomic E-state index is 13.9. The fourth-order valence-corrected chi connectivity index (χ4v) is 2.67. The van der Waals surface area contributed by atoms with E-state index in [0.29, 0.717) is 6.54 Å². The number of nitrogens with one attached hydrogen (secondary N) is 1.